The van der Waals surface area contributed by atoms with Crippen molar-refractivity contribution in [2.45, 2.75) is 18.9 Å². The maximum Gasteiger partial charge on any atom is 0.0307 e. The van der Waals surface area contributed by atoms with Gasteiger partial charge in [-0.1, -0.05) is 30.3 Å². The third-order valence-electron chi connectivity index (χ3n) is 4.11. The average molecular weight is 261 g/mol. The quantitative estimate of drug-likeness (QED) is 0.849. The fourth-order valence-electron chi connectivity index (χ4n) is 2.93. The lowest BCUT2D eigenvalue weighted by Gasteiger charge is -2.22. The lowest BCUT2D eigenvalue weighted by Crippen LogP contribution is -2.30. The first-order valence-electron chi connectivity index (χ1n) is 7.33. The molecule has 0 bridgehead atoms. The molecule has 3 heteroatoms. The highest BCUT2D eigenvalue weighted by Gasteiger charge is 2.20. The summed E-state index contributed by atoms with van der Waals surface area (Å²) in [5.41, 5.74) is 7.49. The molecule has 0 amide bonds. The number of hydrogen-bond donors (Lipinski definition) is 1. The minimum atomic E-state index is 0.162. The predicted molar refractivity (Wildman–Crippen MR) is 81.1 cm³/mol. The first-order valence-corrected chi connectivity index (χ1v) is 7.33. The molecule has 0 aromatic heterocycles. The van der Waals surface area contributed by atoms with Crippen LogP contribution in [0.25, 0.3) is 0 Å². The van der Waals surface area contributed by atoms with Gasteiger partial charge in [-0.3, -0.25) is 0 Å². The lowest BCUT2D eigenvalue weighted by molar-refractivity contribution is 0.265. The first kappa shape index (κ1) is 14.5. The van der Waals surface area contributed by atoms with Gasteiger partial charge < -0.3 is 15.5 Å². The van der Waals surface area contributed by atoms with Crippen LogP contribution in [-0.4, -0.2) is 50.1 Å². The van der Waals surface area contributed by atoms with Crippen molar-refractivity contribution >= 4 is 0 Å². The van der Waals surface area contributed by atoms with E-state index in [0.29, 0.717) is 0 Å². The molecule has 0 spiro atoms. The minimum Gasteiger partial charge on any atom is -0.324 e. The van der Waals surface area contributed by atoms with Gasteiger partial charge in [-0.15, -0.1) is 0 Å². The molecule has 1 aromatic rings. The van der Waals surface area contributed by atoms with Gasteiger partial charge in [0, 0.05) is 19.1 Å². The largest absolute Gasteiger partial charge is 0.324 e. The first-order chi connectivity index (χ1) is 9.15. The molecule has 0 aliphatic carbocycles. The van der Waals surface area contributed by atoms with Crippen molar-refractivity contribution in [1.29, 1.82) is 0 Å². The summed E-state index contributed by atoms with van der Waals surface area (Å²) in [6, 6.07) is 10.6. The highest BCUT2D eigenvalue weighted by atomic mass is 15.1. The summed E-state index contributed by atoms with van der Waals surface area (Å²) in [4.78, 5) is 4.86. The second-order valence-corrected chi connectivity index (χ2v) is 5.99. The molecule has 2 rings (SSSR count). The molecule has 0 radical (unpaired) electrons. The zero-order valence-electron chi connectivity index (χ0n) is 12.3. The molecule has 2 atom stereocenters. The van der Waals surface area contributed by atoms with Crippen molar-refractivity contribution in [3.63, 3.8) is 0 Å². The molecule has 1 heterocycles. The highest BCUT2D eigenvalue weighted by Crippen LogP contribution is 2.17. The van der Waals surface area contributed by atoms with E-state index in [1.165, 1.54) is 31.6 Å². The third kappa shape index (κ3) is 4.60. The topological polar surface area (TPSA) is 32.5 Å². The van der Waals surface area contributed by atoms with Gasteiger partial charge in [0.1, 0.15) is 0 Å². The number of nitrogens with two attached hydrogens (primary N) is 1. The van der Waals surface area contributed by atoms with Crippen molar-refractivity contribution in [3.8, 4) is 0 Å². The Morgan fingerprint density at radius 3 is 2.74 bits per heavy atom. The molecular formula is C16H27N3. The van der Waals surface area contributed by atoms with Gasteiger partial charge in [0.2, 0.25) is 0 Å². The number of likely N-dealkylation sites (tertiary alicyclic amines) is 1. The van der Waals surface area contributed by atoms with E-state index in [1.807, 2.05) is 6.07 Å². The van der Waals surface area contributed by atoms with Crippen LogP contribution in [0.5, 0.6) is 0 Å². The van der Waals surface area contributed by atoms with Gasteiger partial charge in [0.25, 0.3) is 0 Å². The standard InChI is InChI=1S/C16H27N3/c1-18-10-8-14(12-18)13-19(2)11-9-16(17)15-6-4-3-5-7-15/h3-7,14,16H,8-13,17H2,1-2H3. The molecule has 1 aliphatic rings. The molecule has 2 unspecified atom stereocenters. The summed E-state index contributed by atoms with van der Waals surface area (Å²) in [5, 5.41) is 0. The zero-order valence-corrected chi connectivity index (χ0v) is 12.3. The number of nitrogens with zero attached hydrogens (tertiary/aromatic N) is 2. The second-order valence-electron chi connectivity index (χ2n) is 5.99. The molecule has 1 fully saturated rings. The maximum absolute atomic E-state index is 6.24. The van der Waals surface area contributed by atoms with E-state index in [4.69, 9.17) is 5.73 Å². The van der Waals surface area contributed by atoms with Crippen LogP contribution in [0.15, 0.2) is 30.3 Å². The van der Waals surface area contributed by atoms with E-state index in [9.17, 15) is 0 Å². The number of rotatable bonds is 6. The van der Waals surface area contributed by atoms with Crippen LogP contribution in [0.2, 0.25) is 0 Å². The molecule has 0 saturated carbocycles. The Morgan fingerprint density at radius 1 is 1.37 bits per heavy atom. The van der Waals surface area contributed by atoms with Gasteiger partial charge in [0.05, 0.1) is 0 Å². The Balaban J connectivity index is 1.70. The van der Waals surface area contributed by atoms with Crippen LogP contribution < -0.4 is 5.73 Å². The van der Waals surface area contributed by atoms with E-state index >= 15 is 0 Å². The van der Waals surface area contributed by atoms with Crippen LogP contribution >= 0.6 is 0 Å². The van der Waals surface area contributed by atoms with Gasteiger partial charge >= 0.3 is 0 Å². The summed E-state index contributed by atoms with van der Waals surface area (Å²) >= 11 is 0. The molecule has 1 saturated heterocycles. The Bertz CT molecular complexity index is 366. The van der Waals surface area contributed by atoms with Crippen LogP contribution in [0.1, 0.15) is 24.4 Å². The Morgan fingerprint density at radius 2 is 2.11 bits per heavy atom. The normalized spacial score (nSPS) is 22.0. The summed E-state index contributed by atoms with van der Waals surface area (Å²) in [6.07, 6.45) is 2.37. The van der Waals surface area contributed by atoms with Gasteiger partial charge in [-0.2, -0.15) is 0 Å². The maximum atomic E-state index is 6.24. The Labute approximate surface area is 117 Å². The fourth-order valence-corrected chi connectivity index (χ4v) is 2.93. The van der Waals surface area contributed by atoms with Gasteiger partial charge in [-0.05, 0) is 51.5 Å². The van der Waals surface area contributed by atoms with E-state index in [-0.39, 0.29) is 6.04 Å². The van der Waals surface area contributed by atoms with Crippen LogP contribution in [-0.2, 0) is 0 Å². The van der Waals surface area contributed by atoms with E-state index in [2.05, 4.69) is 48.2 Å². The highest BCUT2D eigenvalue weighted by molar-refractivity contribution is 5.18. The van der Waals surface area contributed by atoms with Crippen molar-refractivity contribution in [2.24, 2.45) is 11.7 Å². The molecule has 106 valence electrons. The van der Waals surface area contributed by atoms with Crippen LogP contribution in [0.4, 0.5) is 0 Å². The average Bonchev–Trinajstić information content (AvgIpc) is 2.82. The SMILES string of the molecule is CN1CCC(CN(C)CCC(N)c2ccccc2)C1. The zero-order chi connectivity index (χ0) is 13.7. The molecule has 3 nitrogen and oxygen atoms in total. The molecule has 19 heavy (non-hydrogen) atoms. The fraction of sp³-hybridized carbons (Fsp3) is 0.625. The van der Waals surface area contributed by atoms with E-state index in [1.54, 1.807) is 0 Å². The van der Waals surface area contributed by atoms with Crippen molar-refractivity contribution in [1.82, 2.24) is 9.80 Å². The summed E-state index contributed by atoms with van der Waals surface area (Å²) < 4.78 is 0. The molecular weight excluding hydrogens is 234 g/mol. The lowest BCUT2D eigenvalue weighted by atomic mass is 10.0. The van der Waals surface area contributed by atoms with Crippen molar-refractivity contribution in [2.75, 3.05) is 40.3 Å². The van der Waals surface area contributed by atoms with Crippen LogP contribution in [0.3, 0.4) is 0 Å². The third-order valence-corrected chi connectivity index (χ3v) is 4.11. The molecule has 1 aliphatic heterocycles. The second kappa shape index (κ2) is 7.04. The minimum absolute atomic E-state index is 0.162. The number of benzene rings is 1. The monoisotopic (exact) mass is 261 g/mol. The van der Waals surface area contributed by atoms with E-state index in [0.717, 1.165) is 18.9 Å². The van der Waals surface area contributed by atoms with Crippen molar-refractivity contribution < 1.29 is 0 Å². The Hall–Kier alpha value is -0.900. The van der Waals surface area contributed by atoms with E-state index < -0.39 is 0 Å². The van der Waals surface area contributed by atoms with Crippen LogP contribution in [0, 0.1) is 5.92 Å². The van der Waals surface area contributed by atoms with Crippen molar-refractivity contribution in [3.05, 3.63) is 35.9 Å². The Kier molecular flexibility index (Phi) is 5.37. The summed E-state index contributed by atoms with van der Waals surface area (Å²) in [6.45, 7) is 4.78. The van der Waals surface area contributed by atoms with Gasteiger partial charge in [-0.25, -0.2) is 0 Å². The predicted octanol–water partition coefficient (Wildman–Crippen LogP) is 1.96. The smallest absolute Gasteiger partial charge is 0.0307 e. The summed E-state index contributed by atoms with van der Waals surface area (Å²) in [5.74, 6) is 0.836. The van der Waals surface area contributed by atoms with Gasteiger partial charge in [0.15, 0.2) is 0 Å². The molecule has 1 aromatic carbocycles. The molecule has 2 N–H and O–H groups in total. The number of hydrogen-bond acceptors (Lipinski definition) is 3. The summed E-state index contributed by atoms with van der Waals surface area (Å²) in [7, 11) is 4.43.